The number of hydrogen-bond donors (Lipinski definition) is 1. The van der Waals surface area contributed by atoms with Crippen LogP contribution in [0, 0.1) is 6.92 Å². The van der Waals surface area contributed by atoms with Gasteiger partial charge in [0.1, 0.15) is 5.82 Å². The van der Waals surface area contributed by atoms with Crippen molar-refractivity contribution in [3.8, 4) is 11.3 Å². The highest BCUT2D eigenvalue weighted by Gasteiger charge is 2.01. The minimum Gasteiger partial charge on any atom is -0.370 e. The summed E-state index contributed by atoms with van der Waals surface area (Å²) in [6.07, 6.45) is 4.79. The van der Waals surface area contributed by atoms with Crippen LogP contribution in [0.2, 0.25) is 0 Å². The first kappa shape index (κ1) is 11.6. The van der Waals surface area contributed by atoms with Gasteiger partial charge < -0.3 is 5.32 Å². The first-order valence-electron chi connectivity index (χ1n) is 5.92. The highest BCUT2D eigenvalue weighted by molar-refractivity contribution is 5.60. The van der Waals surface area contributed by atoms with Gasteiger partial charge in [-0.1, -0.05) is 13.0 Å². The van der Waals surface area contributed by atoms with Gasteiger partial charge in [-0.3, -0.25) is 4.98 Å². The molecule has 0 aliphatic rings. The van der Waals surface area contributed by atoms with Gasteiger partial charge in [-0.25, -0.2) is 4.98 Å². The van der Waals surface area contributed by atoms with Crippen molar-refractivity contribution >= 4 is 5.82 Å². The lowest BCUT2D eigenvalue weighted by Gasteiger charge is -2.06. The number of nitrogens with one attached hydrogen (secondary N) is 1. The van der Waals surface area contributed by atoms with Crippen LogP contribution >= 0.6 is 0 Å². The number of aryl methyl sites for hydroxylation is 1. The zero-order valence-corrected chi connectivity index (χ0v) is 10.3. The van der Waals surface area contributed by atoms with Crippen molar-refractivity contribution in [1.29, 1.82) is 0 Å². The minimum atomic E-state index is 0.922. The Kier molecular flexibility index (Phi) is 3.70. The summed E-state index contributed by atoms with van der Waals surface area (Å²) in [4.78, 5) is 8.76. The number of nitrogens with zero attached hydrogens (tertiary/aromatic N) is 2. The molecule has 2 aromatic heterocycles. The lowest BCUT2D eigenvalue weighted by Crippen LogP contribution is -2.02. The van der Waals surface area contributed by atoms with Crippen molar-refractivity contribution in [3.05, 3.63) is 42.2 Å². The molecule has 2 heterocycles. The van der Waals surface area contributed by atoms with Gasteiger partial charge in [-0.2, -0.15) is 0 Å². The van der Waals surface area contributed by atoms with Crippen molar-refractivity contribution < 1.29 is 0 Å². The summed E-state index contributed by atoms with van der Waals surface area (Å²) in [7, 11) is 0. The van der Waals surface area contributed by atoms with Crippen LogP contribution in [0.15, 0.2) is 36.7 Å². The molecule has 88 valence electrons. The Labute approximate surface area is 102 Å². The Balaban J connectivity index is 2.26. The summed E-state index contributed by atoms with van der Waals surface area (Å²) in [6, 6.07) is 8.11. The summed E-state index contributed by atoms with van der Waals surface area (Å²) in [5, 5.41) is 3.29. The predicted octanol–water partition coefficient (Wildman–Crippen LogP) is 3.27. The van der Waals surface area contributed by atoms with E-state index in [1.54, 1.807) is 0 Å². The number of hydrogen-bond acceptors (Lipinski definition) is 3. The standard InChI is InChI=1S/C14H17N3/c1-3-7-16-14-6-4-5-13(17-14)12-8-11(2)9-15-10-12/h4-6,8-10H,3,7H2,1-2H3,(H,16,17). The quantitative estimate of drug-likeness (QED) is 0.871. The van der Waals surface area contributed by atoms with Crippen molar-refractivity contribution in [2.24, 2.45) is 0 Å². The van der Waals surface area contributed by atoms with E-state index in [2.05, 4.69) is 28.3 Å². The Morgan fingerprint density at radius 1 is 1.24 bits per heavy atom. The predicted molar refractivity (Wildman–Crippen MR) is 71.0 cm³/mol. The third-order valence-corrected chi connectivity index (χ3v) is 2.48. The van der Waals surface area contributed by atoms with E-state index in [0.717, 1.165) is 35.6 Å². The maximum absolute atomic E-state index is 4.57. The number of rotatable bonds is 4. The number of aromatic nitrogens is 2. The molecule has 2 rings (SSSR count). The fourth-order valence-corrected chi connectivity index (χ4v) is 1.64. The van der Waals surface area contributed by atoms with Crippen molar-refractivity contribution in [2.45, 2.75) is 20.3 Å². The van der Waals surface area contributed by atoms with Gasteiger partial charge in [-0.15, -0.1) is 0 Å². The van der Waals surface area contributed by atoms with Gasteiger partial charge in [0.15, 0.2) is 0 Å². The molecule has 1 N–H and O–H groups in total. The largest absolute Gasteiger partial charge is 0.370 e. The topological polar surface area (TPSA) is 37.8 Å². The third kappa shape index (κ3) is 3.03. The Morgan fingerprint density at radius 2 is 2.12 bits per heavy atom. The highest BCUT2D eigenvalue weighted by atomic mass is 15.0. The normalized spacial score (nSPS) is 10.2. The van der Waals surface area contributed by atoms with Crippen molar-refractivity contribution in [2.75, 3.05) is 11.9 Å². The molecule has 3 nitrogen and oxygen atoms in total. The molecule has 0 saturated heterocycles. The zero-order valence-electron chi connectivity index (χ0n) is 10.3. The van der Waals surface area contributed by atoms with E-state index in [0.29, 0.717) is 0 Å². The SMILES string of the molecule is CCCNc1cccc(-c2cncc(C)c2)n1. The molecule has 0 unspecified atom stereocenters. The second kappa shape index (κ2) is 5.43. The van der Waals surface area contributed by atoms with Crippen LogP contribution in [0.5, 0.6) is 0 Å². The summed E-state index contributed by atoms with van der Waals surface area (Å²) in [5.74, 6) is 0.922. The van der Waals surface area contributed by atoms with Gasteiger partial charge >= 0.3 is 0 Å². The molecule has 0 spiro atoms. The Bertz CT molecular complexity index is 494. The second-order valence-electron chi connectivity index (χ2n) is 4.09. The summed E-state index contributed by atoms with van der Waals surface area (Å²) < 4.78 is 0. The van der Waals surface area contributed by atoms with E-state index >= 15 is 0 Å². The maximum Gasteiger partial charge on any atom is 0.126 e. The summed E-state index contributed by atoms with van der Waals surface area (Å²) >= 11 is 0. The van der Waals surface area contributed by atoms with Crippen LogP contribution in [-0.4, -0.2) is 16.5 Å². The van der Waals surface area contributed by atoms with E-state index in [9.17, 15) is 0 Å². The summed E-state index contributed by atoms with van der Waals surface area (Å²) in [6.45, 7) is 5.12. The van der Waals surface area contributed by atoms with E-state index in [1.165, 1.54) is 0 Å². The lowest BCUT2D eigenvalue weighted by molar-refractivity contribution is 0.970. The molecule has 0 fully saturated rings. The smallest absolute Gasteiger partial charge is 0.126 e. The van der Waals surface area contributed by atoms with E-state index in [1.807, 2.05) is 37.5 Å². The molecule has 0 aliphatic carbocycles. The Hall–Kier alpha value is -1.90. The fourth-order valence-electron chi connectivity index (χ4n) is 1.64. The number of anilines is 1. The first-order valence-corrected chi connectivity index (χ1v) is 5.92. The molecular weight excluding hydrogens is 210 g/mol. The van der Waals surface area contributed by atoms with Crippen LogP contribution in [0.25, 0.3) is 11.3 Å². The molecule has 0 aliphatic heterocycles. The molecule has 17 heavy (non-hydrogen) atoms. The van der Waals surface area contributed by atoms with Crippen molar-refractivity contribution in [3.63, 3.8) is 0 Å². The minimum absolute atomic E-state index is 0.922. The summed E-state index contributed by atoms with van der Waals surface area (Å²) in [5.41, 5.74) is 3.17. The Morgan fingerprint density at radius 3 is 2.88 bits per heavy atom. The average Bonchev–Trinajstić information content (AvgIpc) is 2.37. The monoisotopic (exact) mass is 227 g/mol. The molecule has 0 atom stereocenters. The van der Waals surface area contributed by atoms with E-state index < -0.39 is 0 Å². The number of pyridine rings is 2. The van der Waals surface area contributed by atoms with Crippen molar-refractivity contribution in [1.82, 2.24) is 9.97 Å². The molecule has 0 amide bonds. The van der Waals surface area contributed by atoms with E-state index in [4.69, 9.17) is 0 Å². The van der Waals surface area contributed by atoms with Gasteiger partial charge in [0.05, 0.1) is 5.69 Å². The molecule has 3 heteroatoms. The molecule has 0 bridgehead atoms. The van der Waals surface area contributed by atoms with Crippen LogP contribution in [0.3, 0.4) is 0 Å². The average molecular weight is 227 g/mol. The highest BCUT2D eigenvalue weighted by Crippen LogP contribution is 2.18. The lowest BCUT2D eigenvalue weighted by atomic mass is 10.1. The van der Waals surface area contributed by atoms with Gasteiger partial charge in [-0.05, 0) is 37.1 Å². The molecule has 0 aromatic carbocycles. The van der Waals surface area contributed by atoms with Crippen LogP contribution in [-0.2, 0) is 0 Å². The van der Waals surface area contributed by atoms with Crippen LogP contribution in [0.1, 0.15) is 18.9 Å². The molecular formula is C14H17N3. The van der Waals surface area contributed by atoms with Crippen LogP contribution in [0.4, 0.5) is 5.82 Å². The fraction of sp³-hybridized carbons (Fsp3) is 0.286. The second-order valence-corrected chi connectivity index (χ2v) is 4.09. The first-order chi connectivity index (χ1) is 8.29. The molecule has 0 saturated carbocycles. The van der Waals surface area contributed by atoms with E-state index in [-0.39, 0.29) is 0 Å². The maximum atomic E-state index is 4.57. The molecule has 2 aromatic rings. The van der Waals surface area contributed by atoms with Gasteiger partial charge in [0.25, 0.3) is 0 Å². The molecule has 0 radical (unpaired) electrons. The van der Waals surface area contributed by atoms with Gasteiger partial charge in [0, 0.05) is 24.5 Å². The third-order valence-electron chi connectivity index (χ3n) is 2.48. The van der Waals surface area contributed by atoms with Crippen LogP contribution < -0.4 is 5.32 Å². The zero-order chi connectivity index (χ0) is 12.1. The van der Waals surface area contributed by atoms with Gasteiger partial charge in [0.2, 0.25) is 0 Å².